The Bertz CT molecular complexity index is 596. The van der Waals surface area contributed by atoms with Gasteiger partial charge in [0.15, 0.2) is 0 Å². The largest absolute Gasteiger partial charge is 0.282 e. The number of hydrogen-bond donors (Lipinski definition) is 0. The minimum absolute atomic E-state index is 0.424. The van der Waals surface area contributed by atoms with Crippen LogP contribution in [0.3, 0.4) is 0 Å². The van der Waals surface area contributed by atoms with Crippen molar-refractivity contribution in [3.8, 4) is 0 Å². The number of fused-ring (bicyclic) bond motifs is 1. The lowest BCUT2D eigenvalue weighted by atomic mass is 9.86. The molecule has 0 N–H and O–H groups in total. The van der Waals surface area contributed by atoms with E-state index in [1.165, 1.54) is 4.31 Å². The molecule has 0 amide bonds. The van der Waals surface area contributed by atoms with Gasteiger partial charge in [-0.3, -0.25) is 0 Å². The summed E-state index contributed by atoms with van der Waals surface area (Å²) in [4.78, 5) is 0. The molecular weight excluding hydrogens is 284 g/mol. The van der Waals surface area contributed by atoms with Gasteiger partial charge in [-0.2, -0.15) is 17.0 Å². The minimum Gasteiger partial charge on any atom is -0.195 e. The van der Waals surface area contributed by atoms with Crippen LogP contribution in [0.1, 0.15) is 18.4 Å². The van der Waals surface area contributed by atoms with Crippen molar-refractivity contribution in [1.29, 1.82) is 0 Å². The highest BCUT2D eigenvalue weighted by Gasteiger charge is 2.39. The van der Waals surface area contributed by atoms with Crippen LogP contribution in [0.15, 0.2) is 42.5 Å². The first-order valence-electron chi connectivity index (χ1n) is 7.47. The lowest BCUT2D eigenvalue weighted by Crippen LogP contribution is -2.40. The molecule has 21 heavy (non-hydrogen) atoms. The van der Waals surface area contributed by atoms with Crippen molar-refractivity contribution in [2.75, 3.05) is 20.1 Å². The molecule has 1 saturated heterocycles. The molecule has 2 aliphatic rings. The monoisotopic (exact) mass is 306 g/mol. The first kappa shape index (κ1) is 14.8. The second-order valence-electron chi connectivity index (χ2n) is 6.03. The lowest BCUT2D eigenvalue weighted by Gasteiger charge is -2.24. The molecule has 1 fully saturated rings. The summed E-state index contributed by atoms with van der Waals surface area (Å²) in [7, 11) is -1.69. The molecule has 1 heterocycles. The van der Waals surface area contributed by atoms with Crippen LogP contribution in [0, 0.1) is 11.8 Å². The van der Waals surface area contributed by atoms with Gasteiger partial charge in [0.25, 0.3) is 10.2 Å². The molecule has 0 bridgehead atoms. The van der Waals surface area contributed by atoms with Crippen molar-refractivity contribution >= 4 is 10.2 Å². The zero-order valence-electron chi connectivity index (χ0n) is 12.4. The smallest absolute Gasteiger partial charge is 0.195 e. The van der Waals surface area contributed by atoms with Crippen molar-refractivity contribution in [2.24, 2.45) is 11.8 Å². The summed E-state index contributed by atoms with van der Waals surface area (Å²) >= 11 is 0. The Morgan fingerprint density at radius 2 is 1.67 bits per heavy atom. The molecule has 1 aliphatic heterocycles. The molecule has 114 valence electrons. The fraction of sp³-hybridized carbons (Fsp3) is 0.500. The van der Waals surface area contributed by atoms with E-state index in [0.29, 0.717) is 31.5 Å². The van der Waals surface area contributed by atoms with Crippen LogP contribution in [0.5, 0.6) is 0 Å². The highest BCUT2D eigenvalue weighted by atomic mass is 32.2. The fourth-order valence-corrected chi connectivity index (χ4v) is 4.75. The van der Waals surface area contributed by atoms with Gasteiger partial charge in [-0.05, 0) is 30.2 Å². The van der Waals surface area contributed by atoms with Gasteiger partial charge in [0.2, 0.25) is 0 Å². The second kappa shape index (κ2) is 5.91. The van der Waals surface area contributed by atoms with E-state index in [2.05, 4.69) is 12.2 Å². The predicted octanol–water partition coefficient (Wildman–Crippen LogP) is 2.26. The van der Waals surface area contributed by atoms with E-state index in [4.69, 9.17) is 0 Å². The molecule has 0 saturated carbocycles. The Balaban J connectivity index is 1.69. The maximum absolute atomic E-state index is 12.7. The van der Waals surface area contributed by atoms with Gasteiger partial charge in [-0.15, -0.1) is 0 Å². The molecule has 3 rings (SSSR count). The van der Waals surface area contributed by atoms with E-state index in [0.717, 1.165) is 18.4 Å². The molecule has 5 heteroatoms. The minimum atomic E-state index is -3.36. The maximum atomic E-state index is 12.7. The SMILES string of the molecule is CN(Cc1ccccc1)S(=O)(=O)N1C[C@H]2CC=CC[C@H]2C1. The zero-order valence-corrected chi connectivity index (χ0v) is 13.2. The molecular formula is C16H22N2O2S. The van der Waals surface area contributed by atoms with Gasteiger partial charge in [0, 0.05) is 26.7 Å². The van der Waals surface area contributed by atoms with Gasteiger partial charge in [-0.25, -0.2) is 0 Å². The highest BCUT2D eigenvalue weighted by molar-refractivity contribution is 7.86. The van der Waals surface area contributed by atoms with E-state index in [9.17, 15) is 8.42 Å². The quantitative estimate of drug-likeness (QED) is 0.801. The fourth-order valence-electron chi connectivity index (χ4n) is 3.28. The number of benzene rings is 1. The molecule has 4 nitrogen and oxygen atoms in total. The van der Waals surface area contributed by atoms with Gasteiger partial charge < -0.3 is 0 Å². The van der Waals surface area contributed by atoms with Crippen LogP contribution >= 0.6 is 0 Å². The average molecular weight is 306 g/mol. The Labute approximate surface area is 127 Å². The van der Waals surface area contributed by atoms with Crippen LogP contribution in [0.4, 0.5) is 0 Å². The van der Waals surface area contributed by atoms with Crippen LogP contribution < -0.4 is 0 Å². The molecule has 1 aliphatic carbocycles. The molecule has 0 aromatic heterocycles. The van der Waals surface area contributed by atoms with Crippen molar-refractivity contribution < 1.29 is 8.42 Å². The van der Waals surface area contributed by atoms with Crippen LogP contribution in [-0.4, -0.2) is 37.2 Å². The van der Waals surface area contributed by atoms with E-state index in [1.54, 1.807) is 11.4 Å². The summed E-state index contributed by atoms with van der Waals surface area (Å²) in [6.45, 7) is 1.75. The summed E-state index contributed by atoms with van der Waals surface area (Å²) in [6.07, 6.45) is 6.40. The third kappa shape index (κ3) is 3.05. The second-order valence-corrected chi connectivity index (χ2v) is 8.06. The van der Waals surface area contributed by atoms with Crippen molar-refractivity contribution in [3.05, 3.63) is 48.0 Å². The van der Waals surface area contributed by atoms with E-state index >= 15 is 0 Å². The summed E-state index contributed by atoms with van der Waals surface area (Å²) < 4.78 is 28.6. The highest BCUT2D eigenvalue weighted by Crippen LogP contribution is 2.34. The summed E-state index contributed by atoms with van der Waals surface area (Å²) in [6, 6.07) is 9.73. The zero-order chi connectivity index (χ0) is 14.9. The Kier molecular flexibility index (Phi) is 4.15. The standard InChI is InChI=1S/C16H22N2O2S/c1-17(11-14-7-3-2-4-8-14)21(19,20)18-12-15-9-5-6-10-16(15)13-18/h2-8,15-16H,9-13H2,1H3/t15-,16+. The number of allylic oxidation sites excluding steroid dienone is 2. The first-order valence-corrected chi connectivity index (χ1v) is 8.87. The topological polar surface area (TPSA) is 40.6 Å². The molecule has 1 aromatic rings. The third-order valence-electron chi connectivity index (χ3n) is 4.56. The molecule has 0 spiro atoms. The van der Waals surface area contributed by atoms with Gasteiger partial charge in [-0.1, -0.05) is 42.5 Å². The number of nitrogens with zero attached hydrogens (tertiary/aromatic N) is 2. The van der Waals surface area contributed by atoms with E-state index < -0.39 is 10.2 Å². The Morgan fingerprint density at radius 1 is 1.10 bits per heavy atom. The summed E-state index contributed by atoms with van der Waals surface area (Å²) in [5, 5.41) is 0. The third-order valence-corrected chi connectivity index (χ3v) is 6.42. The molecule has 0 unspecified atom stereocenters. The molecule has 0 radical (unpaired) electrons. The van der Waals surface area contributed by atoms with Crippen LogP contribution in [0.2, 0.25) is 0 Å². The van der Waals surface area contributed by atoms with Crippen molar-refractivity contribution in [2.45, 2.75) is 19.4 Å². The summed E-state index contributed by atoms with van der Waals surface area (Å²) in [5.41, 5.74) is 1.02. The van der Waals surface area contributed by atoms with Gasteiger partial charge >= 0.3 is 0 Å². The summed E-state index contributed by atoms with van der Waals surface area (Å²) in [5.74, 6) is 0.991. The lowest BCUT2D eigenvalue weighted by molar-refractivity contribution is 0.383. The Hall–Kier alpha value is -1.17. The van der Waals surface area contributed by atoms with Gasteiger partial charge in [0.1, 0.15) is 0 Å². The average Bonchev–Trinajstić information content (AvgIpc) is 2.93. The van der Waals surface area contributed by atoms with Gasteiger partial charge in [0.05, 0.1) is 0 Å². The van der Waals surface area contributed by atoms with E-state index in [-0.39, 0.29) is 0 Å². The number of rotatable bonds is 4. The Morgan fingerprint density at radius 3 is 2.24 bits per heavy atom. The predicted molar refractivity (Wildman–Crippen MR) is 83.8 cm³/mol. The van der Waals surface area contributed by atoms with E-state index in [1.807, 2.05) is 30.3 Å². The van der Waals surface area contributed by atoms with Crippen molar-refractivity contribution in [3.63, 3.8) is 0 Å². The first-order chi connectivity index (χ1) is 10.1. The maximum Gasteiger partial charge on any atom is 0.282 e. The number of hydrogen-bond acceptors (Lipinski definition) is 2. The van der Waals surface area contributed by atoms with Crippen molar-refractivity contribution in [1.82, 2.24) is 8.61 Å². The van der Waals surface area contributed by atoms with Crippen LogP contribution in [-0.2, 0) is 16.8 Å². The molecule has 1 aromatic carbocycles. The normalized spacial score (nSPS) is 26.2. The molecule has 2 atom stereocenters. The van der Waals surface area contributed by atoms with Crippen LogP contribution in [0.25, 0.3) is 0 Å².